The largest absolute Gasteiger partial charge is 0.490 e. The van der Waals surface area contributed by atoms with Gasteiger partial charge in [-0.25, -0.2) is 0 Å². The monoisotopic (exact) mass is 535 g/mol. The van der Waals surface area contributed by atoms with E-state index in [1.54, 1.807) is 30.3 Å². The number of nitriles is 1. The van der Waals surface area contributed by atoms with Gasteiger partial charge in [-0.3, -0.25) is 9.59 Å². The highest BCUT2D eigenvalue weighted by Gasteiger charge is 2.43. The molecule has 0 saturated carbocycles. The number of allylic oxidation sites excluding steroid dienone is 3. The molecule has 0 aromatic heterocycles. The molecule has 1 amide bonds. The molecular weight excluding hydrogens is 506 g/mol. The van der Waals surface area contributed by atoms with E-state index in [1.165, 1.54) is 0 Å². The van der Waals surface area contributed by atoms with Crippen LogP contribution in [0.4, 0.5) is 5.69 Å². The lowest BCUT2D eigenvalue weighted by molar-refractivity contribution is -0.119. The molecule has 4 rings (SSSR count). The van der Waals surface area contributed by atoms with Crippen molar-refractivity contribution in [3.8, 4) is 17.6 Å². The van der Waals surface area contributed by atoms with Crippen molar-refractivity contribution in [3.63, 3.8) is 0 Å². The fraction of sp³-hybridized carbons (Fsp3) is 0.345. The highest BCUT2D eigenvalue weighted by Crippen LogP contribution is 2.48. The SMILES string of the molecule is CCOc1cc(C2C(C#N)=C(N)OC3=C2C(=O)CC(C)(C)C3)ccc1OCC(=O)Nc1ccc(C)c(Cl)c1. The molecule has 1 aliphatic carbocycles. The summed E-state index contributed by atoms with van der Waals surface area (Å²) in [6.07, 6.45) is 0.871. The predicted octanol–water partition coefficient (Wildman–Crippen LogP) is 5.52. The Hall–Kier alpha value is -3.96. The van der Waals surface area contributed by atoms with Crippen molar-refractivity contribution in [2.45, 2.75) is 46.5 Å². The number of anilines is 1. The first kappa shape index (κ1) is 27.1. The maximum absolute atomic E-state index is 13.2. The fourth-order valence-corrected chi connectivity index (χ4v) is 4.90. The van der Waals surface area contributed by atoms with Crippen LogP contribution in [0.5, 0.6) is 11.5 Å². The quantitative estimate of drug-likeness (QED) is 0.478. The van der Waals surface area contributed by atoms with E-state index in [-0.39, 0.29) is 35.2 Å². The Morgan fingerprint density at radius 1 is 1.21 bits per heavy atom. The number of amides is 1. The molecule has 0 fully saturated rings. The van der Waals surface area contributed by atoms with Crippen LogP contribution in [0.3, 0.4) is 0 Å². The van der Waals surface area contributed by atoms with Crippen LogP contribution in [-0.4, -0.2) is 24.9 Å². The number of rotatable bonds is 7. The van der Waals surface area contributed by atoms with Crippen LogP contribution in [0.1, 0.15) is 50.7 Å². The van der Waals surface area contributed by atoms with Crippen LogP contribution in [0.25, 0.3) is 0 Å². The Balaban J connectivity index is 1.60. The lowest BCUT2D eigenvalue weighted by Crippen LogP contribution is -2.33. The molecule has 0 spiro atoms. The second kappa shape index (κ2) is 10.8. The molecule has 1 atom stereocenters. The van der Waals surface area contributed by atoms with Crippen LogP contribution in [0.2, 0.25) is 5.02 Å². The molecule has 198 valence electrons. The van der Waals surface area contributed by atoms with E-state index < -0.39 is 5.92 Å². The molecule has 0 radical (unpaired) electrons. The van der Waals surface area contributed by atoms with Gasteiger partial charge in [-0.2, -0.15) is 5.26 Å². The topological polar surface area (TPSA) is 124 Å². The molecule has 1 heterocycles. The summed E-state index contributed by atoms with van der Waals surface area (Å²) in [4.78, 5) is 25.7. The van der Waals surface area contributed by atoms with Crippen LogP contribution in [-0.2, 0) is 14.3 Å². The molecule has 2 aromatic carbocycles. The normalized spacial score (nSPS) is 18.3. The summed E-state index contributed by atoms with van der Waals surface area (Å²) in [6, 6.07) is 12.5. The number of halogens is 1. The maximum atomic E-state index is 13.2. The van der Waals surface area contributed by atoms with Gasteiger partial charge in [-0.05, 0) is 54.7 Å². The van der Waals surface area contributed by atoms with Crippen LogP contribution in [0, 0.1) is 23.7 Å². The highest BCUT2D eigenvalue weighted by molar-refractivity contribution is 6.31. The van der Waals surface area contributed by atoms with E-state index in [1.807, 2.05) is 33.8 Å². The van der Waals surface area contributed by atoms with Gasteiger partial charge in [-0.15, -0.1) is 0 Å². The number of Topliss-reactive ketones (excluding diaryl/α,β-unsaturated/α-hetero) is 1. The summed E-state index contributed by atoms with van der Waals surface area (Å²) in [5.41, 5.74) is 8.58. The van der Waals surface area contributed by atoms with Crippen molar-refractivity contribution >= 4 is 29.0 Å². The number of nitrogens with one attached hydrogen (secondary N) is 1. The highest BCUT2D eigenvalue weighted by atomic mass is 35.5. The van der Waals surface area contributed by atoms with Gasteiger partial charge in [0.05, 0.1) is 12.5 Å². The molecule has 2 aliphatic rings. The second-order valence-corrected chi connectivity index (χ2v) is 10.5. The third-order valence-corrected chi connectivity index (χ3v) is 6.90. The number of nitrogens with two attached hydrogens (primary N) is 1. The number of carbonyl (C=O) groups is 2. The Morgan fingerprint density at radius 3 is 2.66 bits per heavy atom. The molecule has 1 aliphatic heterocycles. The number of nitrogens with zero attached hydrogens (tertiary/aromatic N) is 1. The number of hydrogen-bond acceptors (Lipinski definition) is 7. The zero-order valence-electron chi connectivity index (χ0n) is 21.8. The van der Waals surface area contributed by atoms with Crippen LogP contribution >= 0.6 is 11.6 Å². The Kier molecular flexibility index (Phi) is 7.70. The molecule has 0 bridgehead atoms. The van der Waals surface area contributed by atoms with Crippen LogP contribution in [0.15, 0.2) is 59.2 Å². The van der Waals surface area contributed by atoms with Gasteiger partial charge >= 0.3 is 0 Å². The first-order valence-corrected chi connectivity index (χ1v) is 12.7. The number of hydrogen-bond donors (Lipinski definition) is 2. The third kappa shape index (κ3) is 5.63. The van der Waals surface area contributed by atoms with Crippen molar-refractivity contribution in [1.82, 2.24) is 0 Å². The summed E-state index contributed by atoms with van der Waals surface area (Å²) >= 11 is 6.14. The van der Waals surface area contributed by atoms with Gasteiger partial charge in [0.25, 0.3) is 5.91 Å². The first-order chi connectivity index (χ1) is 18.0. The summed E-state index contributed by atoms with van der Waals surface area (Å²) in [5, 5.41) is 13.2. The van der Waals surface area contributed by atoms with Crippen molar-refractivity contribution in [1.29, 1.82) is 5.26 Å². The zero-order valence-corrected chi connectivity index (χ0v) is 22.6. The van der Waals surface area contributed by atoms with Crippen LogP contribution < -0.4 is 20.5 Å². The van der Waals surface area contributed by atoms with Crippen molar-refractivity contribution in [2.24, 2.45) is 11.1 Å². The minimum Gasteiger partial charge on any atom is -0.490 e. The van der Waals surface area contributed by atoms with E-state index in [4.69, 9.17) is 31.5 Å². The predicted molar refractivity (Wildman–Crippen MR) is 144 cm³/mol. The van der Waals surface area contributed by atoms with Crippen molar-refractivity contribution in [3.05, 3.63) is 75.3 Å². The number of ketones is 1. The van der Waals surface area contributed by atoms with E-state index in [0.717, 1.165) is 5.56 Å². The minimum atomic E-state index is -0.685. The van der Waals surface area contributed by atoms with Gasteiger partial charge in [0.1, 0.15) is 17.4 Å². The average molecular weight is 536 g/mol. The fourth-order valence-electron chi connectivity index (χ4n) is 4.72. The van der Waals surface area contributed by atoms with Gasteiger partial charge < -0.3 is 25.3 Å². The number of ether oxygens (including phenoxy) is 3. The Morgan fingerprint density at radius 2 is 1.97 bits per heavy atom. The van der Waals surface area contributed by atoms with Crippen molar-refractivity contribution < 1.29 is 23.8 Å². The van der Waals surface area contributed by atoms with Crippen molar-refractivity contribution in [2.75, 3.05) is 18.5 Å². The number of benzene rings is 2. The molecule has 38 heavy (non-hydrogen) atoms. The first-order valence-electron chi connectivity index (χ1n) is 12.3. The summed E-state index contributed by atoms with van der Waals surface area (Å²) in [7, 11) is 0. The third-order valence-electron chi connectivity index (χ3n) is 6.49. The smallest absolute Gasteiger partial charge is 0.262 e. The molecule has 1 unspecified atom stereocenters. The molecule has 8 nitrogen and oxygen atoms in total. The summed E-state index contributed by atoms with van der Waals surface area (Å²) < 4.78 is 17.3. The lowest BCUT2D eigenvalue weighted by Gasteiger charge is -2.37. The van der Waals surface area contributed by atoms with Gasteiger partial charge in [0, 0.05) is 29.1 Å². The Bertz CT molecular complexity index is 1400. The lowest BCUT2D eigenvalue weighted by atomic mass is 9.70. The molecular formula is C29H30ClN3O5. The number of aryl methyl sites for hydroxylation is 1. The van der Waals surface area contributed by atoms with Gasteiger partial charge in [-0.1, -0.05) is 37.6 Å². The average Bonchev–Trinajstić information content (AvgIpc) is 2.84. The zero-order chi connectivity index (χ0) is 27.6. The van der Waals surface area contributed by atoms with Gasteiger partial charge in [0.15, 0.2) is 23.9 Å². The molecule has 9 heteroatoms. The van der Waals surface area contributed by atoms with E-state index in [9.17, 15) is 14.9 Å². The molecule has 3 N–H and O–H groups in total. The number of carbonyl (C=O) groups excluding carboxylic acids is 2. The van der Waals surface area contributed by atoms with Gasteiger partial charge in [0.2, 0.25) is 5.88 Å². The van der Waals surface area contributed by atoms with E-state index in [0.29, 0.717) is 58.6 Å². The second-order valence-electron chi connectivity index (χ2n) is 10.1. The molecule has 2 aromatic rings. The molecule has 0 saturated heterocycles. The van der Waals surface area contributed by atoms with E-state index >= 15 is 0 Å². The standard InChI is InChI=1S/C29H30ClN3O5/c1-5-36-23-10-17(7-9-22(23)37-15-25(35)33-18-8-6-16(2)20(30)11-18)26-19(14-31)28(32)38-24-13-29(3,4)12-21(34)27(24)26/h6-11,26H,5,12-13,15,32H2,1-4H3,(H,33,35). The summed E-state index contributed by atoms with van der Waals surface area (Å²) in [5.74, 6) is 0.0908. The Labute approximate surface area is 227 Å². The summed E-state index contributed by atoms with van der Waals surface area (Å²) in [6.45, 7) is 7.77. The minimum absolute atomic E-state index is 0.00656. The van der Waals surface area contributed by atoms with E-state index in [2.05, 4.69) is 11.4 Å². The maximum Gasteiger partial charge on any atom is 0.262 e.